The molecule has 0 saturated carbocycles. The Kier molecular flexibility index (Phi) is 4.88. The van der Waals surface area contributed by atoms with Crippen molar-refractivity contribution in [2.45, 2.75) is 18.9 Å². The van der Waals surface area contributed by atoms with Crippen LogP contribution in [-0.2, 0) is 14.3 Å². The molecule has 6 nitrogen and oxygen atoms in total. The fourth-order valence-corrected chi connectivity index (χ4v) is 1.79. The van der Waals surface area contributed by atoms with Gasteiger partial charge in [0.15, 0.2) is 5.78 Å². The highest BCUT2D eigenvalue weighted by Gasteiger charge is 2.36. The molecular weight excluding hydrogens is 236 g/mol. The van der Waals surface area contributed by atoms with Crippen molar-refractivity contribution in [3.63, 3.8) is 0 Å². The SMILES string of the molecule is C=CCOC(=O)N1CC(=O)CC[C@H]1C(=O)N(C)C. The summed E-state index contributed by atoms with van der Waals surface area (Å²) in [4.78, 5) is 37.7. The van der Waals surface area contributed by atoms with Gasteiger partial charge in [0.25, 0.3) is 0 Å². The van der Waals surface area contributed by atoms with E-state index in [4.69, 9.17) is 4.74 Å². The largest absolute Gasteiger partial charge is 0.445 e. The first-order valence-corrected chi connectivity index (χ1v) is 5.74. The zero-order valence-corrected chi connectivity index (χ0v) is 10.7. The highest BCUT2D eigenvalue weighted by molar-refractivity contribution is 5.92. The summed E-state index contributed by atoms with van der Waals surface area (Å²) in [6.07, 6.45) is 1.45. The van der Waals surface area contributed by atoms with Gasteiger partial charge in [0.1, 0.15) is 12.6 Å². The summed E-state index contributed by atoms with van der Waals surface area (Å²) in [5.41, 5.74) is 0. The lowest BCUT2D eigenvalue weighted by Gasteiger charge is -2.34. The van der Waals surface area contributed by atoms with E-state index in [-0.39, 0.29) is 24.8 Å². The minimum absolute atomic E-state index is 0.0617. The van der Waals surface area contributed by atoms with Crippen molar-refractivity contribution >= 4 is 17.8 Å². The molecule has 2 amide bonds. The second kappa shape index (κ2) is 6.18. The molecule has 1 heterocycles. The van der Waals surface area contributed by atoms with Crippen molar-refractivity contribution in [3.05, 3.63) is 12.7 Å². The van der Waals surface area contributed by atoms with Crippen molar-refractivity contribution in [1.82, 2.24) is 9.80 Å². The molecule has 0 unspecified atom stereocenters. The quantitative estimate of drug-likeness (QED) is 0.685. The van der Waals surface area contributed by atoms with Gasteiger partial charge in [-0.1, -0.05) is 12.7 Å². The average molecular weight is 254 g/mol. The van der Waals surface area contributed by atoms with Crippen LogP contribution in [-0.4, -0.2) is 60.9 Å². The highest BCUT2D eigenvalue weighted by atomic mass is 16.6. The molecule has 1 aliphatic rings. The Morgan fingerprint density at radius 1 is 1.56 bits per heavy atom. The number of carbonyl (C=O) groups is 3. The van der Waals surface area contributed by atoms with Crippen LogP contribution in [0.25, 0.3) is 0 Å². The normalized spacial score (nSPS) is 19.3. The van der Waals surface area contributed by atoms with Crippen molar-refractivity contribution in [2.24, 2.45) is 0 Å². The van der Waals surface area contributed by atoms with E-state index in [9.17, 15) is 14.4 Å². The van der Waals surface area contributed by atoms with Crippen LogP contribution in [0.15, 0.2) is 12.7 Å². The second-order valence-corrected chi connectivity index (χ2v) is 4.32. The number of likely N-dealkylation sites (tertiary alicyclic amines) is 1. The van der Waals surface area contributed by atoms with Crippen molar-refractivity contribution in [3.8, 4) is 0 Å². The molecule has 1 fully saturated rings. The number of likely N-dealkylation sites (N-methyl/N-ethyl adjacent to an activating group) is 1. The lowest BCUT2D eigenvalue weighted by Crippen LogP contribution is -2.54. The zero-order chi connectivity index (χ0) is 13.7. The third kappa shape index (κ3) is 3.32. The standard InChI is InChI=1S/C12H18N2O4/c1-4-7-18-12(17)14-8-9(15)5-6-10(14)11(16)13(2)3/h4,10H,1,5-8H2,2-3H3/t10-/m0/s1. The van der Waals surface area contributed by atoms with Crippen molar-refractivity contribution in [2.75, 3.05) is 27.2 Å². The fraction of sp³-hybridized carbons (Fsp3) is 0.583. The van der Waals surface area contributed by atoms with Gasteiger partial charge in [0.2, 0.25) is 5.91 Å². The summed E-state index contributed by atoms with van der Waals surface area (Å²) in [7, 11) is 3.23. The number of hydrogen-bond donors (Lipinski definition) is 0. The minimum Gasteiger partial charge on any atom is -0.445 e. The van der Waals surface area contributed by atoms with E-state index < -0.39 is 12.1 Å². The molecule has 0 aliphatic carbocycles. The first-order valence-electron chi connectivity index (χ1n) is 5.74. The van der Waals surface area contributed by atoms with Crippen LogP contribution in [0.4, 0.5) is 4.79 Å². The molecule has 1 rings (SSSR count). The molecular formula is C12H18N2O4. The fourth-order valence-electron chi connectivity index (χ4n) is 1.79. The van der Waals surface area contributed by atoms with Crippen LogP contribution in [0.1, 0.15) is 12.8 Å². The number of nitrogens with zero attached hydrogens (tertiary/aromatic N) is 2. The maximum atomic E-state index is 11.9. The summed E-state index contributed by atoms with van der Waals surface area (Å²) in [6.45, 7) is 3.43. The summed E-state index contributed by atoms with van der Waals surface area (Å²) < 4.78 is 4.89. The van der Waals surface area contributed by atoms with Gasteiger partial charge in [-0.2, -0.15) is 0 Å². The highest BCUT2D eigenvalue weighted by Crippen LogP contribution is 2.17. The Bertz CT molecular complexity index is 365. The third-order valence-corrected chi connectivity index (χ3v) is 2.70. The average Bonchev–Trinajstić information content (AvgIpc) is 2.34. The molecule has 0 radical (unpaired) electrons. The molecule has 18 heavy (non-hydrogen) atoms. The van der Waals surface area contributed by atoms with Gasteiger partial charge in [0.05, 0.1) is 6.54 Å². The summed E-state index contributed by atoms with van der Waals surface area (Å²) in [5, 5.41) is 0. The molecule has 100 valence electrons. The van der Waals surface area contributed by atoms with Crippen LogP contribution in [0.5, 0.6) is 0 Å². The number of carbonyl (C=O) groups excluding carboxylic acids is 3. The van der Waals surface area contributed by atoms with E-state index in [1.165, 1.54) is 15.9 Å². The van der Waals surface area contributed by atoms with Crippen LogP contribution in [0.3, 0.4) is 0 Å². The summed E-state index contributed by atoms with van der Waals surface area (Å²) in [6, 6.07) is -0.616. The molecule has 6 heteroatoms. The van der Waals surface area contributed by atoms with Gasteiger partial charge in [-0.05, 0) is 6.42 Å². The van der Waals surface area contributed by atoms with Crippen molar-refractivity contribution in [1.29, 1.82) is 0 Å². The molecule has 0 bridgehead atoms. The molecule has 1 saturated heterocycles. The maximum Gasteiger partial charge on any atom is 0.411 e. The Morgan fingerprint density at radius 3 is 2.78 bits per heavy atom. The lowest BCUT2D eigenvalue weighted by molar-refractivity contribution is -0.137. The number of piperidine rings is 1. The van der Waals surface area contributed by atoms with Crippen LogP contribution in [0, 0.1) is 0 Å². The molecule has 0 aromatic rings. The Hall–Kier alpha value is -1.85. The second-order valence-electron chi connectivity index (χ2n) is 4.32. The smallest absolute Gasteiger partial charge is 0.411 e. The molecule has 1 atom stereocenters. The minimum atomic E-state index is -0.650. The molecule has 0 N–H and O–H groups in total. The lowest BCUT2D eigenvalue weighted by atomic mass is 10.0. The van der Waals surface area contributed by atoms with Crippen LogP contribution in [0.2, 0.25) is 0 Å². The summed E-state index contributed by atoms with van der Waals surface area (Å²) >= 11 is 0. The number of amides is 2. The van der Waals surface area contributed by atoms with Gasteiger partial charge in [-0.15, -0.1) is 0 Å². The Labute approximate surface area is 106 Å². The van der Waals surface area contributed by atoms with Gasteiger partial charge < -0.3 is 9.64 Å². The van der Waals surface area contributed by atoms with E-state index >= 15 is 0 Å². The van der Waals surface area contributed by atoms with Crippen LogP contribution < -0.4 is 0 Å². The van der Waals surface area contributed by atoms with Gasteiger partial charge >= 0.3 is 6.09 Å². The number of ketones is 1. The Morgan fingerprint density at radius 2 is 2.22 bits per heavy atom. The number of rotatable bonds is 3. The summed E-state index contributed by atoms with van der Waals surface area (Å²) in [5.74, 6) is -0.258. The number of ether oxygens (including phenoxy) is 1. The first kappa shape index (κ1) is 14.2. The zero-order valence-electron chi connectivity index (χ0n) is 10.7. The van der Waals surface area contributed by atoms with E-state index in [1.54, 1.807) is 14.1 Å². The molecule has 0 spiro atoms. The van der Waals surface area contributed by atoms with E-state index in [2.05, 4.69) is 6.58 Å². The predicted molar refractivity (Wildman–Crippen MR) is 65.0 cm³/mol. The predicted octanol–water partition coefficient (Wildman–Crippen LogP) is 0.431. The maximum absolute atomic E-state index is 11.9. The monoisotopic (exact) mass is 254 g/mol. The third-order valence-electron chi connectivity index (χ3n) is 2.70. The first-order chi connectivity index (χ1) is 8.47. The Balaban J connectivity index is 2.79. The molecule has 0 aromatic carbocycles. The topological polar surface area (TPSA) is 66.9 Å². The van der Waals surface area contributed by atoms with Gasteiger partial charge in [-0.25, -0.2) is 4.79 Å². The number of hydrogen-bond acceptors (Lipinski definition) is 4. The number of Topliss-reactive ketones (excluding diaryl/α,β-unsaturated/α-hetero) is 1. The van der Waals surface area contributed by atoms with Crippen molar-refractivity contribution < 1.29 is 19.1 Å². The molecule has 1 aliphatic heterocycles. The van der Waals surface area contributed by atoms with E-state index in [0.717, 1.165) is 0 Å². The van der Waals surface area contributed by atoms with Gasteiger partial charge in [-0.3, -0.25) is 14.5 Å². The van der Waals surface area contributed by atoms with Crippen LogP contribution >= 0.6 is 0 Å². The molecule has 0 aromatic heterocycles. The van der Waals surface area contributed by atoms with Gasteiger partial charge in [0, 0.05) is 20.5 Å². The van der Waals surface area contributed by atoms with E-state index in [0.29, 0.717) is 12.8 Å². The van der Waals surface area contributed by atoms with E-state index in [1.807, 2.05) is 0 Å².